The normalized spacial score (nSPS) is 27.7. The predicted octanol–water partition coefficient (Wildman–Crippen LogP) is 4.87. The summed E-state index contributed by atoms with van der Waals surface area (Å²) in [5, 5.41) is 0. The average Bonchev–Trinajstić information content (AvgIpc) is 2.39. The zero-order chi connectivity index (χ0) is 13.7. The van der Waals surface area contributed by atoms with Gasteiger partial charge in [0.25, 0.3) is 0 Å². The van der Waals surface area contributed by atoms with E-state index in [1.165, 1.54) is 50.5 Å². The first-order valence-corrected chi connectivity index (χ1v) is 7.96. The average molecular weight is 259 g/mol. The van der Waals surface area contributed by atoms with Crippen molar-refractivity contribution in [1.82, 2.24) is 0 Å². The van der Waals surface area contributed by atoms with E-state index in [9.17, 15) is 0 Å². The van der Waals surface area contributed by atoms with Crippen LogP contribution in [-0.2, 0) is 0 Å². The third-order valence-electron chi connectivity index (χ3n) is 4.70. The minimum Gasteiger partial charge on any atom is -0.325 e. The molecule has 0 heterocycles. The first-order valence-electron chi connectivity index (χ1n) is 7.96. The fourth-order valence-electron chi connectivity index (χ4n) is 3.59. The molecule has 1 aliphatic carbocycles. The molecular weight excluding hydrogens is 230 g/mol. The Bertz CT molecular complexity index is 371. The van der Waals surface area contributed by atoms with Gasteiger partial charge in [-0.25, -0.2) is 0 Å². The summed E-state index contributed by atoms with van der Waals surface area (Å²) in [4.78, 5) is 0. The molecule has 1 aromatic rings. The fourth-order valence-corrected chi connectivity index (χ4v) is 3.59. The van der Waals surface area contributed by atoms with Gasteiger partial charge in [-0.05, 0) is 30.7 Å². The molecule has 0 aliphatic heterocycles. The van der Waals surface area contributed by atoms with Crippen LogP contribution in [0.5, 0.6) is 0 Å². The van der Waals surface area contributed by atoms with Gasteiger partial charge in [0.15, 0.2) is 0 Å². The number of hydrogen-bond acceptors (Lipinski definition) is 1. The quantitative estimate of drug-likeness (QED) is 0.802. The molecule has 2 N–H and O–H groups in total. The Hall–Kier alpha value is -0.820. The number of rotatable bonds is 5. The summed E-state index contributed by atoms with van der Waals surface area (Å²) >= 11 is 0. The van der Waals surface area contributed by atoms with Crippen molar-refractivity contribution in [2.75, 3.05) is 0 Å². The van der Waals surface area contributed by atoms with Crippen LogP contribution in [0.4, 0.5) is 0 Å². The Balaban J connectivity index is 2.06. The SMILES string of the molecule is CC(C)CCCC1(N)CCCCC1c1ccccc1. The van der Waals surface area contributed by atoms with Crippen molar-refractivity contribution in [3.63, 3.8) is 0 Å². The van der Waals surface area contributed by atoms with E-state index in [1.54, 1.807) is 0 Å². The second-order valence-corrected chi connectivity index (χ2v) is 6.73. The van der Waals surface area contributed by atoms with Gasteiger partial charge < -0.3 is 5.73 Å². The molecule has 1 aliphatic rings. The summed E-state index contributed by atoms with van der Waals surface area (Å²) in [6.07, 6.45) is 8.87. The first-order chi connectivity index (χ1) is 9.12. The van der Waals surface area contributed by atoms with Crippen molar-refractivity contribution in [3.8, 4) is 0 Å². The second-order valence-electron chi connectivity index (χ2n) is 6.73. The lowest BCUT2D eigenvalue weighted by Gasteiger charge is -2.42. The van der Waals surface area contributed by atoms with Crippen LogP contribution in [0.3, 0.4) is 0 Å². The maximum absolute atomic E-state index is 6.82. The number of nitrogens with two attached hydrogens (primary N) is 1. The molecule has 1 fully saturated rings. The Morgan fingerprint density at radius 2 is 1.95 bits per heavy atom. The van der Waals surface area contributed by atoms with Gasteiger partial charge in [-0.3, -0.25) is 0 Å². The van der Waals surface area contributed by atoms with Crippen LogP contribution in [0.25, 0.3) is 0 Å². The van der Waals surface area contributed by atoms with E-state index in [-0.39, 0.29) is 5.54 Å². The zero-order valence-electron chi connectivity index (χ0n) is 12.6. The lowest BCUT2D eigenvalue weighted by atomic mass is 9.68. The Morgan fingerprint density at radius 3 is 2.63 bits per heavy atom. The van der Waals surface area contributed by atoms with Crippen LogP contribution < -0.4 is 5.73 Å². The van der Waals surface area contributed by atoms with E-state index in [4.69, 9.17) is 5.73 Å². The molecule has 1 heteroatoms. The molecule has 1 aromatic carbocycles. The Morgan fingerprint density at radius 1 is 1.21 bits per heavy atom. The Labute approximate surface area is 118 Å². The smallest absolute Gasteiger partial charge is 0.0223 e. The third-order valence-corrected chi connectivity index (χ3v) is 4.70. The lowest BCUT2D eigenvalue weighted by Crippen LogP contribution is -2.47. The molecule has 0 saturated heterocycles. The summed E-state index contributed by atoms with van der Waals surface area (Å²) in [6, 6.07) is 10.9. The molecule has 106 valence electrons. The van der Waals surface area contributed by atoms with Gasteiger partial charge in [-0.1, -0.05) is 69.9 Å². The van der Waals surface area contributed by atoms with Gasteiger partial charge in [0.05, 0.1) is 0 Å². The van der Waals surface area contributed by atoms with Crippen LogP contribution in [0.15, 0.2) is 30.3 Å². The van der Waals surface area contributed by atoms with Crippen molar-refractivity contribution >= 4 is 0 Å². The highest BCUT2D eigenvalue weighted by Crippen LogP contribution is 2.42. The maximum atomic E-state index is 6.82. The zero-order valence-corrected chi connectivity index (χ0v) is 12.6. The number of hydrogen-bond donors (Lipinski definition) is 1. The van der Waals surface area contributed by atoms with E-state index in [0.29, 0.717) is 5.92 Å². The van der Waals surface area contributed by atoms with E-state index in [1.807, 2.05) is 0 Å². The summed E-state index contributed by atoms with van der Waals surface area (Å²) in [5.74, 6) is 1.36. The van der Waals surface area contributed by atoms with Crippen molar-refractivity contribution in [2.24, 2.45) is 11.7 Å². The largest absolute Gasteiger partial charge is 0.325 e. The van der Waals surface area contributed by atoms with E-state index in [0.717, 1.165) is 5.92 Å². The van der Waals surface area contributed by atoms with Crippen LogP contribution in [-0.4, -0.2) is 5.54 Å². The minimum atomic E-state index is 0.0362. The molecule has 0 radical (unpaired) electrons. The van der Waals surface area contributed by atoms with Gasteiger partial charge in [0.1, 0.15) is 0 Å². The van der Waals surface area contributed by atoms with E-state index in [2.05, 4.69) is 44.2 Å². The molecule has 19 heavy (non-hydrogen) atoms. The second kappa shape index (κ2) is 6.56. The van der Waals surface area contributed by atoms with Gasteiger partial charge in [-0.15, -0.1) is 0 Å². The van der Waals surface area contributed by atoms with E-state index < -0.39 is 0 Å². The summed E-state index contributed by atoms with van der Waals surface area (Å²) in [7, 11) is 0. The lowest BCUT2D eigenvalue weighted by molar-refractivity contribution is 0.226. The standard InChI is InChI=1S/C18H29N/c1-15(2)9-8-14-18(19)13-7-6-12-17(18)16-10-4-3-5-11-16/h3-5,10-11,15,17H,6-9,12-14,19H2,1-2H3. The highest BCUT2D eigenvalue weighted by molar-refractivity contribution is 5.24. The predicted molar refractivity (Wildman–Crippen MR) is 83.3 cm³/mol. The molecular formula is C18H29N. The van der Waals surface area contributed by atoms with Gasteiger partial charge in [0.2, 0.25) is 0 Å². The monoisotopic (exact) mass is 259 g/mol. The van der Waals surface area contributed by atoms with Gasteiger partial charge >= 0.3 is 0 Å². The van der Waals surface area contributed by atoms with Crippen LogP contribution in [0, 0.1) is 5.92 Å². The molecule has 2 unspecified atom stereocenters. The molecule has 1 nitrogen and oxygen atoms in total. The molecule has 1 saturated carbocycles. The van der Waals surface area contributed by atoms with Crippen molar-refractivity contribution in [2.45, 2.75) is 70.3 Å². The van der Waals surface area contributed by atoms with Crippen molar-refractivity contribution < 1.29 is 0 Å². The summed E-state index contributed by atoms with van der Waals surface area (Å²) in [5.41, 5.74) is 8.31. The van der Waals surface area contributed by atoms with Gasteiger partial charge in [-0.2, -0.15) is 0 Å². The Kier molecular flexibility index (Phi) is 5.04. The maximum Gasteiger partial charge on any atom is 0.0223 e. The van der Waals surface area contributed by atoms with Crippen LogP contribution in [0.2, 0.25) is 0 Å². The van der Waals surface area contributed by atoms with Crippen molar-refractivity contribution in [1.29, 1.82) is 0 Å². The van der Waals surface area contributed by atoms with E-state index >= 15 is 0 Å². The van der Waals surface area contributed by atoms with Crippen LogP contribution >= 0.6 is 0 Å². The molecule has 2 rings (SSSR count). The number of benzene rings is 1. The summed E-state index contributed by atoms with van der Waals surface area (Å²) in [6.45, 7) is 4.61. The fraction of sp³-hybridized carbons (Fsp3) is 0.667. The first kappa shape index (κ1) is 14.6. The molecule has 0 amide bonds. The minimum absolute atomic E-state index is 0.0362. The molecule has 0 bridgehead atoms. The highest BCUT2D eigenvalue weighted by atomic mass is 14.8. The van der Waals surface area contributed by atoms with Crippen LogP contribution in [0.1, 0.15) is 70.3 Å². The summed E-state index contributed by atoms with van der Waals surface area (Å²) < 4.78 is 0. The highest BCUT2D eigenvalue weighted by Gasteiger charge is 2.37. The topological polar surface area (TPSA) is 26.0 Å². The third kappa shape index (κ3) is 3.82. The van der Waals surface area contributed by atoms with Gasteiger partial charge in [0, 0.05) is 11.5 Å². The molecule has 2 atom stereocenters. The molecule has 0 aromatic heterocycles. The van der Waals surface area contributed by atoms with Crippen molar-refractivity contribution in [3.05, 3.63) is 35.9 Å². The molecule has 0 spiro atoms.